The second-order valence-corrected chi connectivity index (χ2v) is 5.37. The normalized spacial score (nSPS) is 10.5. The number of ether oxygens (including phenoxy) is 2. The van der Waals surface area contributed by atoms with E-state index in [1.165, 1.54) is 0 Å². The summed E-state index contributed by atoms with van der Waals surface area (Å²) in [7, 11) is 0. The number of hydrogen-bond donors (Lipinski definition) is 1. The van der Waals surface area contributed by atoms with Crippen molar-refractivity contribution >= 4 is 28.2 Å². The molecular formula is C20H20N2O3. The Bertz CT molecular complexity index is 876. The van der Waals surface area contributed by atoms with Crippen molar-refractivity contribution in [3.8, 4) is 5.75 Å². The fraction of sp³-hybridized carbons (Fsp3) is 0.200. The number of rotatable bonds is 6. The minimum absolute atomic E-state index is 0.315. The number of carbonyl (C=O) groups excluding carboxylic acids is 1. The van der Waals surface area contributed by atoms with Crippen molar-refractivity contribution in [3.63, 3.8) is 0 Å². The molecule has 2 aromatic carbocycles. The predicted molar refractivity (Wildman–Crippen MR) is 98.6 cm³/mol. The third-order valence-electron chi connectivity index (χ3n) is 3.71. The third-order valence-corrected chi connectivity index (χ3v) is 3.71. The van der Waals surface area contributed by atoms with Gasteiger partial charge in [-0.25, -0.2) is 4.79 Å². The van der Waals surface area contributed by atoms with Gasteiger partial charge < -0.3 is 14.8 Å². The van der Waals surface area contributed by atoms with Gasteiger partial charge in [-0.15, -0.1) is 0 Å². The van der Waals surface area contributed by atoms with E-state index in [4.69, 9.17) is 9.47 Å². The lowest BCUT2D eigenvalue weighted by Gasteiger charge is -2.12. The molecule has 1 heterocycles. The molecule has 0 saturated carbocycles. The summed E-state index contributed by atoms with van der Waals surface area (Å²) in [5, 5.41) is 4.34. The van der Waals surface area contributed by atoms with Crippen molar-refractivity contribution in [2.45, 2.75) is 13.8 Å². The van der Waals surface area contributed by atoms with E-state index in [0.717, 1.165) is 28.0 Å². The standard InChI is InChI=1S/C20H20N2O3/c1-3-24-18-7-5-6-16-17(12-13-21-19(16)18)22-15-10-8-14(9-11-15)20(23)25-4-2/h5-13H,3-4H2,1-2H3,(H,21,22). The molecule has 5 nitrogen and oxygen atoms in total. The van der Waals surface area contributed by atoms with Gasteiger partial charge in [0.1, 0.15) is 11.3 Å². The maximum Gasteiger partial charge on any atom is 0.338 e. The fourth-order valence-corrected chi connectivity index (χ4v) is 2.59. The van der Waals surface area contributed by atoms with E-state index in [9.17, 15) is 4.79 Å². The molecule has 0 aliphatic rings. The number of para-hydroxylation sites is 1. The van der Waals surface area contributed by atoms with Crippen LogP contribution in [0.3, 0.4) is 0 Å². The summed E-state index contributed by atoms with van der Waals surface area (Å²) in [5.41, 5.74) is 3.15. The van der Waals surface area contributed by atoms with Crippen LogP contribution in [0.25, 0.3) is 10.9 Å². The number of anilines is 2. The van der Waals surface area contributed by atoms with Crippen molar-refractivity contribution in [1.29, 1.82) is 0 Å². The lowest BCUT2D eigenvalue weighted by molar-refractivity contribution is 0.0526. The van der Waals surface area contributed by atoms with Gasteiger partial charge in [-0.3, -0.25) is 4.98 Å². The van der Waals surface area contributed by atoms with Crippen LogP contribution in [0.2, 0.25) is 0 Å². The topological polar surface area (TPSA) is 60.5 Å². The van der Waals surface area contributed by atoms with Gasteiger partial charge in [0, 0.05) is 23.0 Å². The largest absolute Gasteiger partial charge is 0.492 e. The van der Waals surface area contributed by atoms with Crippen LogP contribution in [0.5, 0.6) is 5.75 Å². The molecule has 0 aliphatic carbocycles. The van der Waals surface area contributed by atoms with Crippen LogP contribution < -0.4 is 10.1 Å². The second kappa shape index (κ2) is 7.66. The summed E-state index contributed by atoms with van der Waals surface area (Å²) in [6, 6.07) is 15.0. The second-order valence-electron chi connectivity index (χ2n) is 5.37. The van der Waals surface area contributed by atoms with Gasteiger partial charge in [0.2, 0.25) is 0 Å². The Morgan fingerprint density at radius 2 is 1.84 bits per heavy atom. The first kappa shape index (κ1) is 16.8. The zero-order valence-electron chi connectivity index (χ0n) is 14.3. The Kier molecular flexibility index (Phi) is 5.14. The van der Waals surface area contributed by atoms with E-state index in [2.05, 4.69) is 10.3 Å². The molecule has 0 fully saturated rings. The van der Waals surface area contributed by atoms with Crippen LogP contribution in [0.1, 0.15) is 24.2 Å². The monoisotopic (exact) mass is 336 g/mol. The lowest BCUT2D eigenvalue weighted by Crippen LogP contribution is -2.04. The van der Waals surface area contributed by atoms with Crippen molar-refractivity contribution in [1.82, 2.24) is 4.98 Å². The highest BCUT2D eigenvalue weighted by Gasteiger charge is 2.09. The number of carbonyl (C=O) groups is 1. The summed E-state index contributed by atoms with van der Waals surface area (Å²) in [4.78, 5) is 16.2. The van der Waals surface area contributed by atoms with Crippen molar-refractivity contribution in [2.24, 2.45) is 0 Å². The number of aromatic nitrogens is 1. The van der Waals surface area contributed by atoms with Gasteiger partial charge in [-0.2, -0.15) is 0 Å². The van der Waals surface area contributed by atoms with Crippen LogP contribution in [-0.2, 0) is 4.74 Å². The Morgan fingerprint density at radius 3 is 2.56 bits per heavy atom. The number of esters is 1. The first-order valence-electron chi connectivity index (χ1n) is 8.27. The van der Waals surface area contributed by atoms with E-state index in [1.807, 2.05) is 43.3 Å². The third kappa shape index (κ3) is 3.71. The number of nitrogens with one attached hydrogen (secondary N) is 1. The van der Waals surface area contributed by atoms with Gasteiger partial charge in [-0.05, 0) is 50.2 Å². The number of hydrogen-bond acceptors (Lipinski definition) is 5. The molecule has 0 atom stereocenters. The minimum atomic E-state index is -0.315. The highest BCUT2D eigenvalue weighted by atomic mass is 16.5. The minimum Gasteiger partial charge on any atom is -0.492 e. The zero-order chi connectivity index (χ0) is 17.6. The number of nitrogens with zero attached hydrogens (tertiary/aromatic N) is 1. The van der Waals surface area contributed by atoms with Crippen molar-refractivity contribution in [2.75, 3.05) is 18.5 Å². The van der Waals surface area contributed by atoms with Crippen LogP contribution in [-0.4, -0.2) is 24.2 Å². The first-order chi connectivity index (χ1) is 12.2. The van der Waals surface area contributed by atoms with Crippen LogP contribution in [0.4, 0.5) is 11.4 Å². The Labute approximate surface area is 146 Å². The van der Waals surface area contributed by atoms with Crippen LogP contribution in [0, 0.1) is 0 Å². The van der Waals surface area contributed by atoms with E-state index < -0.39 is 0 Å². The molecule has 0 radical (unpaired) electrons. The zero-order valence-corrected chi connectivity index (χ0v) is 14.3. The van der Waals surface area contributed by atoms with Crippen LogP contribution in [0.15, 0.2) is 54.7 Å². The summed E-state index contributed by atoms with van der Waals surface area (Å²) < 4.78 is 10.6. The average Bonchev–Trinajstić information content (AvgIpc) is 2.63. The highest BCUT2D eigenvalue weighted by molar-refractivity contribution is 5.96. The molecule has 3 rings (SSSR count). The van der Waals surface area contributed by atoms with Gasteiger partial charge in [0.05, 0.1) is 18.8 Å². The molecule has 0 aliphatic heterocycles. The Morgan fingerprint density at radius 1 is 1.04 bits per heavy atom. The predicted octanol–water partition coefficient (Wildman–Crippen LogP) is 4.55. The molecular weight excluding hydrogens is 316 g/mol. The van der Waals surface area contributed by atoms with Gasteiger partial charge >= 0.3 is 5.97 Å². The molecule has 1 aromatic heterocycles. The molecule has 25 heavy (non-hydrogen) atoms. The summed E-state index contributed by atoms with van der Waals surface area (Å²) in [6.07, 6.45) is 1.75. The molecule has 5 heteroatoms. The maximum atomic E-state index is 11.7. The number of benzene rings is 2. The van der Waals surface area contributed by atoms with E-state index in [-0.39, 0.29) is 5.97 Å². The van der Waals surface area contributed by atoms with E-state index in [1.54, 1.807) is 25.3 Å². The van der Waals surface area contributed by atoms with Gasteiger partial charge in [0.15, 0.2) is 0 Å². The molecule has 0 unspecified atom stereocenters. The molecule has 1 N–H and O–H groups in total. The quantitative estimate of drug-likeness (QED) is 0.669. The summed E-state index contributed by atoms with van der Waals surface area (Å²) in [6.45, 7) is 4.70. The molecule has 128 valence electrons. The van der Waals surface area contributed by atoms with Crippen LogP contribution >= 0.6 is 0 Å². The Hall–Kier alpha value is -3.08. The summed E-state index contributed by atoms with van der Waals surface area (Å²) >= 11 is 0. The SMILES string of the molecule is CCOC(=O)c1ccc(Nc2ccnc3c(OCC)cccc23)cc1. The fourth-order valence-electron chi connectivity index (χ4n) is 2.59. The van der Waals surface area contributed by atoms with Gasteiger partial charge in [-0.1, -0.05) is 12.1 Å². The van der Waals surface area contributed by atoms with Gasteiger partial charge in [0.25, 0.3) is 0 Å². The first-order valence-corrected chi connectivity index (χ1v) is 8.27. The van der Waals surface area contributed by atoms with E-state index >= 15 is 0 Å². The number of pyridine rings is 1. The van der Waals surface area contributed by atoms with E-state index in [0.29, 0.717) is 18.8 Å². The lowest BCUT2D eigenvalue weighted by atomic mass is 10.1. The number of fused-ring (bicyclic) bond motifs is 1. The highest BCUT2D eigenvalue weighted by Crippen LogP contribution is 2.30. The van der Waals surface area contributed by atoms with Crippen molar-refractivity contribution < 1.29 is 14.3 Å². The van der Waals surface area contributed by atoms with Crippen molar-refractivity contribution in [3.05, 3.63) is 60.3 Å². The molecule has 0 bridgehead atoms. The molecule has 3 aromatic rings. The molecule has 0 amide bonds. The average molecular weight is 336 g/mol. The Balaban J connectivity index is 1.88. The summed E-state index contributed by atoms with van der Waals surface area (Å²) in [5.74, 6) is 0.450. The smallest absolute Gasteiger partial charge is 0.338 e. The molecule has 0 spiro atoms. The maximum absolute atomic E-state index is 11.7. The molecule has 0 saturated heterocycles.